The first-order valence-electron chi connectivity index (χ1n) is 11.5. The molecule has 0 aliphatic heterocycles. The van der Waals surface area contributed by atoms with Gasteiger partial charge < -0.3 is 31.8 Å². The van der Waals surface area contributed by atoms with Crippen molar-refractivity contribution in [1.82, 2.24) is 25.9 Å². The number of aromatic nitrogens is 2. The molecule has 11 nitrogen and oxygen atoms in total. The monoisotopic (exact) mass is 486 g/mol. The average Bonchev–Trinajstić information content (AvgIpc) is 3.31. The Bertz CT molecular complexity index is 978. The smallest absolute Gasteiger partial charge is 0.326 e. The van der Waals surface area contributed by atoms with Crippen LogP contribution in [0, 0.1) is 5.92 Å². The molecule has 0 saturated carbocycles. The quantitative estimate of drug-likeness (QED) is 0.233. The van der Waals surface area contributed by atoms with Gasteiger partial charge in [0.05, 0.1) is 12.4 Å². The van der Waals surface area contributed by atoms with Crippen LogP contribution in [-0.2, 0) is 32.0 Å². The number of carboxylic acid groups (broad SMARTS) is 1. The highest BCUT2D eigenvalue weighted by molar-refractivity contribution is 5.94. The van der Waals surface area contributed by atoms with Crippen LogP contribution in [0.3, 0.4) is 0 Å². The molecule has 1 heterocycles. The van der Waals surface area contributed by atoms with Gasteiger partial charge in [0.25, 0.3) is 0 Å². The summed E-state index contributed by atoms with van der Waals surface area (Å²) in [6.45, 7) is 5.27. The molecule has 1 aromatic carbocycles. The third-order valence-electron chi connectivity index (χ3n) is 5.26. The van der Waals surface area contributed by atoms with E-state index < -0.39 is 47.9 Å². The first kappa shape index (κ1) is 27.5. The van der Waals surface area contributed by atoms with E-state index in [1.54, 1.807) is 0 Å². The minimum atomic E-state index is -1.22. The Labute approximate surface area is 204 Å². The summed E-state index contributed by atoms with van der Waals surface area (Å²) in [6.07, 6.45) is 3.36. The number of hydrogen-bond donors (Lipinski definition) is 6. The van der Waals surface area contributed by atoms with Crippen LogP contribution < -0.4 is 21.7 Å². The fourth-order valence-corrected chi connectivity index (χ4v) is 3.43. The van der Waals surface area contributed by atoms with Crippen molar-refractivity contribution in [2.24, 2.45) is 11.7 Å². The molecule has 0 fully saturated rings. The summed E-state index contributed by atoms with van der Waals surface area (Å²) in [5.74, 6) is -2.89. The molecule has 7 N–H and O–H groups in total. The Kier molecular flexibility index (Phi) is 10.4. The van der Waals surface area contributed by atoms with E-state index in [4.69, 9.17) is 5.73 Å². The molecule has 190 valence electrons. The van der Waals surface area contributed by atoms with Gasteiger partial charge in [-0.15, -0.1) is 0 Å². The number of H-pyrrole nitrogens is 1. The number of nitrogens with one attached hydrogen (secondary N) is 4. The highest BCUT2D eigenvalue weighted by atomic mass is 16.4. The molecule has 0 spiro atoms. The van der Waals surface area contributed by atoms with Crippen molar-refractivity contribution in [3.8, 4) is 0 Å². The van der Waals surface area contributed by atoms with E-state index in [9.17, 15) is 24.3 Å². The summed E-state index contributed by atoms with van der Waals surface area (Å²) in [5, 5.41) is 17.4. The number of rotatable bonds is 13. The largest absolute Gasteiger partial charge is 0.480 e. The number of aliphatic carboxylic acids is 1. The van der Waals surface area contributed by atoms with Crippen molar-refractivity contribution in [3.63, 3.8) is 0 Å². The zero-order chi connectivity index (χ0) is 26.0. The molecule has 3 amide bonds. The lowest BCUT2D eigenvalue weighted by Crippen LogP contribution is -2.57. The summed E-state index contributed by atoms with van der Waals surface area (Å²) in [6, 6.07) is 5.10. The lowest BCUT2D eigenvalue weighted by Gasteiger charge is -2.26. The van der Waals surface area contributed by atoms with Gasteiger partial charge in [0.2, 0.25) is 17.7 Å². The van der Waals surface area contributed by atoms with Crippen LogP contribution in [0.15, 0.2) is 42.9 Å². The molecule has 4 atom stereocenters. The number of nitrogens with zero attached hydrogens (tertiary/aromatic N) is 1. The second-order valence-electron chi connectivity index (χ2n) is 8.91. The molecule has 0 aliphatic carbocycles. The molecule has 35 heavy (non-hydrogen) atoms. The van der Waals surface area contributed by atoms with Crippen molar-refractivity contribution in [2.75, 3.05) is 0 Å². The predicted octanol–water partition coefficient (Wildman–Crippen LogP) is 0.127. The van der Waals surface area contributed by atoms with Gasteiger partial charge >= 0.3 is 5.97 Å². The molecule has 2 aromatic rings. The number of carboxylic acids is 1. The SMILES string of the molecule is CC(C)CC(NC(=O)C(Cc1ccccc1)NC(=O)C(C)N)C(=O)NC(Cc1cnc[nH]1)C(=O)O. The van der Waals surface area contributed by atoms with Gasteiger partial charge in [0, 0.05) is 24.7 Å². The first-order chi connectivity index (χ1) is 16.6. The number of nitrogens with two attached hydrogens (primary N) is 1. The van der Waals surface area contributed by atoms with Crippen LogP contribution in [0.1, 0.15) is 38.4 Å². The van der Waals surface area contributed by atoms with Crippen molar-refractivity contribution in [1.29, 1.82) is 0 Å². The predicted molar refractivity (Wildman–Crippen MR) is 129 cm³/mol. The van der Waals surface area contributed by atoms with E-state index in [2.05, 4.69) is 25.9 Å². The number of amides is 3. The Balaban J connectivity index is 2.17. The normalized spacial score (nSPS) is 14.4. The number of imidazole rings is 1. The lowest BCUT2D eigenvalue weighted by atomic mass is 10.0. The zero-order valence-electron chi connectivity index (χ0n) is 20.2. The van der Waals surface area contributed by atoms with E-state index >= 15 is 0 Å². The number of hydrogen-bond acceptors (Lipinski definition) is 6. The summed E-state index contributed by atoms with van der Waals surface area (Å²) < 4.78 is 0. The van der Waals surface area contributed by atoms with Crippen LogP contribution in [0.4, 0.5) is 0 Å². The van der Waals surface area contributed by atoms with Gasteiger partial charge in [-0.25, -0.2) is 9.78 Å². The molecule has 4 unspecified atom stereocenters. The Hall–Kier alpha value is -3.73. The molecule has 1 aromatic heterocycles. The van der Waals surface area contributed by atoms with E-state index in [0.717, 1.165) is 5.56 Å². The van der Waals surface area contributed by atoms with E-state index in [-0.39, 0.29) is 25.2 Å². The Morgan fingerprint density at radius 3 is 2.06 bits per heavy atom. The number of carbonyl (C=O) groups excluding carboxylic acids is 3. The minimum absolute atomic E-state index is 0.00446. The number of aromatic amines is 1. The molecule has 0 radical (unpaired) electrons. The third-order valence-corrected chi connectivity index (χ3v) is 5.26. The highest BCUT2D eigenvalue weighted by Crippen LogP contribution is 2.09. The van der Waals surface area contributed by atoms with Gasteiger partial charge in [-0.1, -0.05) is 44.2 Å². The number of benzene rings is 1. The van der Waals surface area contributed by atoms with Crippen LogP contribution in [0.2, 0.25) is 0 Å². The average molecular weight is 487 g/mol. The van der Waals surface area contributed by atoms with Crippen LogP contribution in [-0.4, -0.2) is 62.9 Å². The molecular weight excluding hydrogens is 452 g/mol. The maximum Gasteiger partial charge on any atom is 0.326 e. The van der Waals surface area contributed by atoms with Gasteiger partial charge in [0.15, 0.2) is 0 Å². The lowest BCUT2D eigenvalue weighted by molar-refractivity contribution is -0.142. The maximum atomic E-state index is 13.2. The van der Waals surface area contributed by atoms with Crippen LogP contribution in [0.25, 0.3) is 0 Å². The standard InChI is InChI=1S/C24H34N6O5/c1-14(2)9-18(22(32)30-20(24(34)35)11-17-12-26-13-27-17)29-23(33)19(28-21(31)15(3)25)10-16-7-5-4-6-8-16/h4-8,12-15,18-20H,9-11,25H2,1-3H3,(H,26,27)(H,28,31)(H,29,33)(H,30,32)(H,34,35). The summed E-state index contributed by atoms with van der Waals surface area (Å²) in [5.41, 5.74) is 7.02. The molecule has 0 bridgehead atoms. The topological polar surface area (TPSA) is 179 Å². The van der Waals surface area contributed by atoms with Crippen LogP contribution >= 0.6 is 0 Å². The zero-order valence-corrected chi connectivity index (χ0v) is 20.2. The van der Waals surface area contributed by atoms with Crippen molar-refractivity contribution < 1.29 is 24.3 Å². The maximum absolute atomic E-state index is 13.2. The fourth-order valence-electron chi connectivity index (χ4n) is 3.43. The number of carbonyl (C=O) groups is 4. The van der Waals surface area contributed by atoms with Gasteiger partial charge in [0.1, 0.15) is 18.1 Å². The van der Waals surface area contributed by atoms with Crippen LogP contribution in [0.5, 0.6) is 0 Å². The Morgan fingerprint density at radius 1 is 0.914 bits per heavy atom. The van der Waals surface area contributed by atoms with E-state index in [0.29, 0.717) is 5.69 Å². The van der Waals surface area contributed by atoms with Crippen molar-refractivity contribution >= 4 is 23.7 Å². The second-order valence-corrected chi connectivity index (χ2v) is 8.91. The minimum Gasteiger partial charge on any atom is -0.480 e. The molecule has 0 aliphatic rings. The van der Waals surface area contributed by atoms with E-state index in [1.165, 1.54) is 19.4 Å². The van der Waals surface area contributed by atoms with Gasteiger partial charge in [-0.05, 0) is 24.8 Å². The fraction of sp³-hybridized carbons (Fsp3) is 0.458. The Morgan fingerprint density at radius 2 is 1.51 bits per heavy atom. The molecule has 2 rings (SSSR count). The van der Waals surface area contributed by atoms with Crippen molar-refractivity contribution in [3.05, 3.63) is 54.1 Å². The first-order valence-corrected chi connectivity index (χ1v) is 11.5. The van der Waals surface area contributed by atoms with E-state index in [1.807, 2.05) is 44.2 Å². The summed E-state index contributed by atoms with van der Waals surface area (Å²) >= 11 is 0. The molecule has 0 saturated heterocycles. The highest BCUT2D eigenvalue weighted by Gasteiger charge is 2.30. The molecular formula is C24H34N6O5. The van der Waals surface area contributed by atoms with Gasteiger partial charge in [-0.2, -0.15) is 0 Å². The van der Waals surface area contributed by atoms with Crippen molar-refractivity contribution in [2.45, 2.75) is 64.2 Å². The summed E-state index contributed by atoms with van der Waals surface area (Å²) in [4.78, 5) is 56.9. The van der Waals surface area contributed by atoms with Gasteiger partial charge in [-0.3, -0.25) is 14.4 Å². The summed E-state index contributed by atoms with van der Waals surface area (Å²) in [7, 11) is 0. The second kappa shape index (κ2) is 13.2. The third kappa shape index (κ3) is 9.20. The molecule has 11 heteroatoms.